The zero-order valence-electron chi connectivity index (χ0n) is 15.8. The summed E-state index contributed by atoms with van der Waals surface area (Å²) in [4.78, 5) is 36.6. The van der Waals surface area contributed by atoms with E-state index in [0.29, 0.717) is 11.6 Å². The van der Waals surface area contributed by atoms with Crippen LogP contribution in [0.25, 0.3) is 0 Å². The molecule has 6 heteroatoms. The van der Waals surface area contributed by atoms with Gasteiger partial charge < -0.3 is 15.4 Å². The summed E-state index contributed by atoms with van der Waals surface area (Å²) in [6.45, 7) is 1.61. The number of carbonyl (C=O) groups is 3. The van der Waals surface area contributed by atoms with Crippen LogP contribution in [-0.4, -0.2) is 30.4 Å². The topological polar surface area (TPSA) is 84.5 Å². The second-order valence-corrected chi connectivity index (χ2v) is 7.03. The maximum Gasteiger partial charge on any atom is 0.340 e. The summed E-state index contributed by atoms with van der Waals surface area (Å²) in [5.74, 6) is -0.675. The van der Waals surface area contributed by atoms with Crippen molar-refractivity contribution in [2.75, 3.05) is 11.9 Å². The van der Waals surface area contributed by atoms with Crippen molar-refractivity contribution < 1.29 is 19.1 Å². The minimum Gasteiger partial charge on any atom is -0.452 e. The molecule has 1 atom stereocenters. The maximum atomic E-state index is 12.4. The highest BCUT2D eigenvalue weighted by Crippen LogP contribution is 2.32. The molecule has 0 aliphatic heterocycles. The number of ether oxygens (including phenoxy) is 1. The quantitative estimate of drug-likeness (QED) is 0.690. The fourth-order valence-corrected chi connectivity index (χ4v) is 2.96. The standard InChI is InChI=1S/C22H24N2O4/c1-15(17-11-12-17)23-21(26)14-28-22(27)18-9-5-6-10-19(18)24-20(25)13-16-7-3-2-4-8-16/h2-10,15,17H,11-14H2,1H3,(H,23,26)(H,24,25)/t15-/m0/s1. The lowest BCUT2D eigenvalue weighted by Gasteiger charge is -2.14. The highest BCUT2D eigenvalue weighted by atomic mass is 16.5. The highest BCUT2D eigenvalue weighted by Gasteiger charge is 2.29. The first-order chi connectivity index (χ1) is 13.5. The molecule has 2 amide bonds. The van der Waals surface area contributed by atoms with Gasteiger partial charge >= 0.3 is 5.97 Å². The van der Waals surface area contributed by atoms with Gasteiger partial charge in [-0.25, -0.2) is 4.79 Å². The first kappa shape index (κ1) is 19.6. The second-order valence-electron chi connectivity index (χ2n) is 7.03. The normalized spacial score (nSPS) is 14.0. The molecule has 1 aliphatic rings. The molecular formula is C22H24N2O4. The van der Waals surface area contributed by atoms with Crippen LogP contribution in [0, 0.1) is 5.92 Å². The summed E-state index contributed by atoms with van der Waals surface area (Å²) < 4.78 is 5.13. The van der Waals surface area contributed by atoms with Crippen LogP contribution in [0.4, 0.5) is 5.69 Å². The Morgan fingerprint density at radius 1 is 1.00 bits per heavy atom. The van der Waals surface area contributed by atoms with Gasteiger partial charge in [-0.2, -0.15) is 0 Å². The van der Waals surface area contributed by atoms with E-state index in [4.69, 9.17) is 4.74 Å². The van der Waals surface area contributed by atoms with E-state index in [2.05, 4.69) is 10.6 Å². The monoisotopic (exact) mass is 380 g/mol. The molecule has 0 spiro atoms. The van der Waals surface area contributed by atoms with Gasteiger partial charge in [0.2, 0.25) is 5.91 Å². The maximum absolute atomic E-state index is 12.4. The Balaban J connectivity index is 1.55. The number of rotatable bonds is 8. The molecule has 2 aromatic rings. The first-order valence-electron chi connectivity index (χ1n) is 9.42. The van der Waals surface area contributed by atoms with Crippen LogP contribution in [0.3, 0.4) is 0 Å². The number of esters is 1. The number of carbonyl (C=O) groups excluding carboxylic acids is 3. The Morgan fingerprint density at radius 3 is 2.39 bits per heavy atom. The van der Waals surface area contributed by atoms with Gasteiger partial charge in [0.05, 0.1) is 17.7 Å². The van der Waals surface area contributed by atoms with Crippen LogP contribution in [-0.2, 0) is 20.7 Å². The summed E-state index contributed by atoms with van der Waals surface area (Å²) >= 11 is 0. The van der Waals surface area contributed by atoms with Crippen molar-refractivity contribution >= 4 is 23.5 Å². The van der Waals surface area contributed by atoms with Gasteiger partial charge in [0.25, 0.3) is 5.91 Å². The Labute approximate surface area is 164 Å². The van der Waals surface area contributed by atoms with E-state index >= 15 is 0 Å². The molecule has 0 aromatic heterocycles. The minimum absolute atomic E-state index is 0.0933. The lowest BCUT2D eigenvalue weighted by atomic mass is 10.1. The average Bonchev–Trinajstić information content (AvgIpc) is 3.52. The summed E-state index contributed by atoms with van der Waals surface area (Å²) in [6, 6.07) is 16.0. The molecule has 6 nitrogen and oxygen atoms in total. The minimum atomic E-state index is -0.648. The molecule has 0 saturated heterocycles. The number of hydrogen-bond donors (Lipinski definition) is 2. The van der Waals surface area contributed by atoms with Crippen LogP contribution in [0.1, 0.15) is 35.7 Å². The molecule has 0 heterocycles. The number of hydrogen-bond acceptors (Lipinski definition) is 4. The molecule has 0 radical (unpaired) electrons. The van der Waals surface area contributed by atoms with Gasteiger partial charge in [0.1, 0.15) is 0 Å². The third kappa shape index (κ3) is 5.67. The molecule has 28 heavy (non-hydrogen) atoms. The predicted octanol–water partition coefficient (Wildman–Crippen LogP) is 2.94. The van der Waals surface area contributed by atoms with Crippen molar-refractivity contribution in [3.63, 3.8) is 0 Å². The van der Waals surface area contributed by atoms with Crippen LogP contribution in [0.2, 0.25) is 0 Å². The number of amides is 2. The van der Waals surface area contributed by atoms with E-state index in [1.54, 1.807) is 24.3 Å². The lowest BCUT2D eigenvalue weighted by molar-refractivity contribution is -0.125. The average molecular weight is 380 g/mol. The Bertz CT molecular complexity index is 847. The van der Waals surface area contributed by atoms with Gasteiger partial charge in [0.15, 0.2) is 6.61 Å². The number of para-hydroxylation sites is 1. The lowest BCUT2D eigenvalue weighted by Crippen LogP contribution is -2.37. The van der Waals surface area contributed by atoms with Crippen molar-refractivity contribution in [3.8, 4) is 0 Å². The smallest absolute Gasteiger partial charge is 0.340 e. The zero-order valence-corrected chi connectivity index (χ0v) is 15.8. The van der Waals surface area contributed by atoms with Crippen LogP contribution in [0.5, 0.6) is 0 Å². The van der Waals surface area contributed by atoms with Crippen LogP contribution < -0.4 is 10.6 Å². The molecule has 3 rings (SSSR count). The molecule has 1 fully saturated rings. The van der Waals surface area contributed by atoms with Gasteiger partial charge in [-0.05, 0) is 43.4 Å². The fourth-order valence-electron chi connectivity index (χ4n) is 2.96. The fraction of sp³-hybridized carbons (Fsp3) is 0.318. The third-order valence-corrected chi connectivity index (χ3v) is 4.68. The molecule has 1 saturated carbocycles. The van der Waals surface area contributed by atoms with Crippen molar-refractivity contribution in [3.05, 3.63) is 65.7 Å². The molecule has 146 valence electrons. The van der Waals surface area contributed by atoms with E-state index in [1.165, 1.54) is 0 Å². The van der Waals surface area contributed by atoms with Crippen molar-refractivity contribution in [2.24, 2.45) is 5.92 Å². The number of benzene rings is 2. The summed E-state index contributed by atoms with van der Waals surface area (Å²) in [5.41, 5.74) is 1.45. The first-order valence-corrected chi connectivity index (χ1v) is 9.42. The Morgan fingerprint density at radius 2 is 1.68 bits per heavy atom. The van der Waals surface area contributed by atoms with E-state index in [1.807, 2.05) is 37.3 Å². The molecule has 1 aliphatic carbocycles. The van der Waals surface area contributed by atoms with Crippen LogP contribution in [0.15, 0.2) is 54.6 Å². The van der Waals surface area contributed by atoms with Gasteiger partial charge in [0, 0.05) is 6.04 Å². The molecular weight excluding hydrogens is 356 g/mol. The molecule has 0 unspecified atom stereocenters. The highest BCUT2D eigenvalue weighted by molar-refractivity contribution is 6.02. The largest absolute Gasteiger partial charge is 0.452 e. The molecule has 2 aromatic carbocycles. The molecule has 0 bridgehead atoms. The third-order valence-electron chi connectivity index (χ3n) is 4.68. The van der Waals surface area contributed by atoms with E-state index in [0.717, 1.165) is 18.4 Å². The Hall–Kier alpha value is -3.15. The van der Waals surface area contributed by atoms with E-state index in [9.17, 15) is 14.4 Å². The Kier molecular flexibility index (Phi) is 6.42. The van der Waals surface area contributed by atoms with Gasteiger partial charge in [-0.15, -0.1) is 0 Å². The number of anilines is 1. The summed E-state index contributed by atoms with van der Waals surface area (Å²) in [6.07, 6.45) is 2.44. The van der Waals surface area contributed by atoms with Crippen molar-refractivity contribution in [2.45, 2.75) is 32.2 Å². The van der Waals surface area contributed by atoms with Crippen molar-refractivity contribution in [1.82, 2.24) is 5.32 Å². The van der Waals surface area contributed by atoms with Gasteiger partial charge in [-0.3, -0.25) is 9.59 Å². The SMILES string of the molecule is C[C@H](NC(=O)COC(=O)c1ccccc1NC(=O)Cc1ccccc1)C1CC1. The van der Waals surface area contributed by atoms with Crippen LogP contribution >= 0.6 is 0 Å². The van der Waals surface area contributed by atoms with Gasteiger partial charge in [-0.1, -0.05) is 42.5 Å². The molecule has 2 N–H and O–H groups in total. The predicted molar refractivity (Wildman–Crippen MR) is 106 cm³/mol. The van der Waals surface area contributed by atoms with E-state index < -0.39 is 5.97 Å². The zero-order chi connectivity index (χ0) is 19.9. The van der Waals surface area contributed by atoms with Crippen molar-refractivity contribution in [1.29, 1.82) is 0 Å². The summed E-state index contributed by atoms with van der Waals surface area (Å²) in [5, 5.41) is 5.58. The number of nitrogens with one attached hydrogen (secondary N) is 2. The second kappa shape index (κ2) is 9.17. The van der Waals surface area contributed by atoms with E-state index in [-0.39, 0.29) is 36.4 Å². The summed E-state index contributed by atoms with van der Waals surface area (Å²) in [7, 11) is 0.